The zero-order valence-electron chi connectivity index (χ0n) is 24.4. The fourth-order valence-electron chi connectivity index (χ4n) is 5.09. The molecule has 224 valence electrons. The van der Waals surface area contributed by atoms with Crippen LogP contribution in [-0.4, -0.2) is 64.7 Å². The Bertz CT molecular complexity index is 1730. The number of nitrogens with one attached hydrogen (secondary N) is 1. The fourth-order valence-corrected chi connectivity index (χ4v) is 7.39. The van der Waals surface area contributed by atoms with Crippen LogP contribution < -0.4 is 10.2 Å². The number of anilines is 1. The summed E-state index contributed by atoms with van der Waals surface area (Å²) in [6.07, 6.45) is 0.838. The van der Waals surface area contributed by atoms with Crippen LogP contribution in [0, 0.1) is 6.92 Å². The van der Waals surface area contributed by atoms with Gasteiger partial charge in [0.15, 0.2) is 11.0 Å². The highest BCUT2D eigenvalue weighted by Gasteiger charge is 2.26. The van der Waals surface area contributed by atoms with Crippen molar-refractivity contribution in [1.29, 1.82) is 0 Å². The summed E-state index contributed by atoms with van der Waals surface area (Å²) < 4.78 is 28.8. The maximum Gasteiger partial charge on any atom is 0.251 e. The molecule has 0 bridgehead atoms. The number of thioether (sulfide) groups is 1. The Kier molecular flexibility index (Phi) is 9.28. The number of aromatic nitrogens is 3. The fraction of sp³-hybridized carbons (Fsp3) is 0.290. The number of carbonyl (C=O) groups excluding carboxylic acids is 2. The molecular formula is C31H34N6O4S2. The van der Waals surface area contributed by atoms with Gasteiger partial charge in [0, 0.05) is 36.6 Å². The number of hydrogen-bond acceptors (Lipinski definition) is 7. The van der Waals surface area contributed by atoms with Crippen LogP contribution in [0.15, 0.2) is 82.8 Å². The first kappa shape index (κ1) is 30.5. The van der Waals surface area contributed by atoms with Gasteiger partial charge in [0.1, 0.15) is 0 Å². The molecule has 3 aromatic carbocycles. The normalized spacial score (nSPS) is 12.9. The van der Waals surface area contributed by atoms with Gasteiger partial charge < -0.3 is 10.2 Å². The molecule has 4 aromatic rings. The summed E-state index contributed by atoms with van der Waals surface area (Å²) in [5.74, 6) is 0.312. The lowest BCUT2D eigenvalue weighted by Crippen LogP contribution is -2.30. The van der Waals surface area contributed by atoms with Crippen molar-refractivity contribution < 1.29 is 18.0 Å². The molecule has 2 heterocycles. The third kappa shape index (κ3) is 6.51. The molecule has 1 aliphatic heterocycles. The second kappa shape index (κ2) is 13.1. The van der Waals surface area contributed by atoms with Crippen LogP contribution in [0.5, 0.6) is 0 Å². The topological polar surface area (TPSA) is 118 Å². The SMILES string of the molecule is CCN(CC)S(=O)(=O)c1ccc(C(=O)NCc2nnc(SCC(=O)N3CCc4ccccc43)n2-c2cccc(C)c2)cc1. The number of benzene rings is 3. The van der Waals surface area contributed by atoms with Crippen LogP contribution in [0.3, 0.4) is 0 Å². The van der Waals surface area contributed by atoms with Gasteiger partial charge >= 0.3 is 0 Å². The highest BCUT2D eigenvalue weighted by molar-refractivity contribution is 7.99. The van der Waals surface area contributed by atoms with E-state index in [1.807, 2.05) is 64.9 Å². The van der Waals surface area contributed by atoms with Gasteiger partial charge in [-0.15, -0.1) is 10.2 Å². The van der Waals surface area contributed by atoms with E-state index in [0.717, 1.165) is 23.4 Å². The lowest BCUT2D eigenvalue weighted by atomic mass is 10.2. The molecule has 2 amide bonds. The summed E-state index contributed by atoms with van der Waals surface area (Å²) in [7, 11) is -3.62. The Morgan fingerprint density at radius 1 is 0.977 bits per heavy atom. The number of aryl methyl sites for hydroxylation is 1. The molecule has 0 atom stereocenters. The first-order chi connectivity index (χ1) is 20.7. The second-order valence-electron chi connectivity index (χ2n) is 10.1. The monoisotopic (exact) mass is 618 g/mol. The van der Waals surface area contributed by atoms with E-state index in [1.165, 1.54) is 45.9 Å². The summed E-state index contributed by atoms with van der Waals surface area (Å²) in [5, 5.41) is 12.1. The zero-order valence-corrected chi connectivity index (χ0v) is 26.0. The first-order valence-electron chi connectivity index (χ1n) is 14.1. The molecule has 5 rings (SSSR count). The molecule has 0 saturated carbocycles. The van der Waals surface area contributed by atoms with E-state index in [-0.39, 0.29) is 29.0 Å². The molecule has 43 heavy (non-hydrogen) atoms. The van der Waals surface area contributed by atoms with Crippen molar-refractivity contribution in [2.75, 3.05) is 30.3 Å². The van der Waals surface area contributed by atoms with E-state index in [0.29, 0.717) is 36.2 Å². The smallest absolute Gasteiger partial charge is 0.251 e. The van der Waals surface area contributed by atoms with Crippen molar-refractivity contribution in [2.45, 2.75) is 43.8 Å². The molecule has 1 aliphatic rings. The Morgan fingerprint density at radius 2 is 1.72 bits per heavy atom. The first-order valence-corrected chi connectivity index (χ1v) is 16.6. The number of hydrogen-bond donors (Lipinski definition) is 1. The third-order valence-corrected chi connectivity index (χ3v) is 10.3. The lowest BCUT2D eigenvalue weighted by molar-refractivity contribution is -0.116. The Morgan fingerprint density at radius 3 is 2.44 bits per heavy atom. The van der Waals surface area contributed by atoms with Crippen molar-refractivity contribution in [3.8, 4) is 5.69 Å². The van der Waals surface area contributed by atoms with Gasteiger partial charge in [-0.2, -0.15) is 4.31 Å². The van der Waals surface area contributed by atoms with Gasteiger partial charge in [-0.3, -0.25) is 14.2 Å². The van der Waals surface area contributed by atoms with Crippen molar-refractivity contribution in [2.24, 2.45) is 0 Å². The van der Waals surface area contributed by atoms with Crippen molar-refractivity contribution in [1.82, 2.24) is 24.4 Å². The number of rotatable bonds is 11. The number of carbonyl (C=O) groups is 2. The van der Waals surface area contributed by atoms with E-state index in [4.69, 9.17) is 0 Å². The van der Waals surface area contributed by atoms with Crippen molar-refractivity contribution in [3.63, 3.8) is 0 Å². The highest BCUT2D eigenvalue weighted by Crippen LogP contribution is 2.29. The molecule has 12 heteroatoms. The quantitative estimate of drug-likeness (QED) is 0.250. The standard InChI is InChI=1S/C31H34N6O4S2/c1-4-35(5-2)43(40,41)26-15-13-24(14-16-26)30(39)32-20-28-33-34-31(37(28)25-11-8-9-22(3)19-25)42-21-29(38)36-18-17-23-10-6-7-12-27(23)36/h6-16,19H,4-5,17-18,20-21H2,1-3H3,(H,32,39). The Balaban J connectivity index is 1.31. The van der Waals surface area contributed by atoms with Gasteiger partial charge in [0.05, 0.1) is 17.2 Å². The van der Waals surface area contributed by atoms with Crippen LogP contribution in [0.2, 0.25) is 0 Å². The number of nitrogens with zero attached hydrogens (tertiary/aromatic N) is 5. The van der Waals surface area contributed by atoms with Crippen LogP contribution in [0.25, 0.3) is 5.69 Å². The Labute approximate surface area is 256 Å². The maximum absolute atomic E-state index is 13.2. The predicted octanol–water partition coefficient (Wildman–Crippen LogP) is 4.22. The van der Waals surface area contributed by atoms with Gasteiger partial charge in [0.25, 0.3) is 5.91 Å². The number of fused-ring (bicyclic) bond motifs is 1. The molecule has 0 aliphatic carbocycles. The average Bonchev–Trinajstić information content (AvgIpc) is 3.63. The minimum atomic E-state index is -3.62. The van der Waals surface area contributed by atoms with E-state index in [9.17, 15) is 18.0 Å². The van der Waals surface area contributed by atoms with E-state index >= 15 is 0 Å². The molecule has 0 spiro atoms. The number of para-hydroxylation sites is 1. The maximum atomic E-state index is 13.2. The van der Waals surface area contributed by atoms with Gasteiger partial charge in [0.2, 0.25) is 15.9 Å². The molecule has 0 saturated heterocycles. The summed E-state index contributed by atoms with van der Waals surface area (Å²) in [6, 6.07) is 21.7. The van der Waals surface area contributed by atoms with Crippen molar-refractivity contribution >= 4 is 39.3 Å². The molecule has 1 N–H and O–H groups in total. The Hall–Kier alpha value is -4.00. The van der Waals surface area contributed by atoms with Gasteiger partial charge in [-0.1, -0.05) is 55.9 Å². The summed E-state index contributed by atoms with van der Waals surface area (Å²) in [6.45, 7) is 7.02. The van der Waals surface area contributed by atoms with Crippen LogP contribution in [-0.2, 0) is 27.8 Å². The van der Waals surface area contributed by atoms with E-state index in [1.54, 1.807) is 13.8 Å². The second-order valence-corrected chi connectivity index (χ2v) is 13.0. The van der Waals surface area contributed by atoms with Gasteiger partial charge in [-0.05, 0) is 66.9 Å². The van der Waals surface area contributed by atoms with Crippen LogP contribution in [0.1, 0.15) is 41.2 Å². The highest BCUT2D eigenvalue weighted by atomic mass is 32.2. The van der Waals surface area contributed by atoms with E-state index < -0.39 is 10.0 Å². The lowest BCUT2D eigenvalue weighted by Gasteiger charge is -2.18. The van der Waals surface area contributed by atoms with Crippen LogP contribution >= 0.6 is 11.8 Å². The molecule has 0 fully saturated rings. The van der Waals surface area contributed by atoms with Crippen molar-refractivity contribution in [3.05, 3.63) is 95.3 Å². The minimum Gasteiger partial charge on any atom is -0.345 e. The summed E-state index contributed by atoms with van der Waals surface area (Å²) >= 11 is 1.30. The van der Waals surface area contributed by atoms with Gasteiger partial charge in [-0.25, -0.2) is 8.42 Å². The van der Waals surface area contributed by atoms with Crippen LogP contribution in [0.4, 0.5) is 5.69 Å². The van der Waals surface area contributed by atoms with E-state index in [2.05, 4.69) is 15.5 Å². The molecular weight excluding hydrogens is 585 g/mol. The molecule has 0 radical (unpaired) electrons. The summed E-state index contributed by atoms with van der Waals surface area (Å²) in [5.41, 5.74) is 4.31. The molecule has 10 nitrogen and oxygen atoms in total. The average molecular weight is 619 g/mol. The summed E-state index contributed by atoms with van der Waals surface area (Å²) in [4.78, 5) is 28.1. The molecule has 0 unspecified atom stereocenters. The zero-order chi connectivity index (χ0) is 30.6. The minimum absolute atomic E-state index is 0.00458. The largest absolute Gasteiger partial charge is 0.345 e. The molecule has 1 aromatic heterocycles. The number of sulfonamides is 1. The third-order valence-electron chi connectivity index (χ3n) is 7.34. The predicted molar refractivity (Wildman–Crippen MR) is 167 cm³/mol. The number of amides is 2.